The van der Waals surface area contributed by atoms with Gasteiger partial charge in [-0.05, 0) is 43.4 Å². The summed E-state index contributed by atoms with van der Waals surface area (Å²) in [6, 6.07) is 9.40. The highest BCUT2D eigenvalue weighted by Gasteiger charge is 2.13. The number of ether oxygens (including phenoxy) is 1. The van der Waals surface area contributed by atoms with Crippen molar-refractivity contribution in [2.75, 3.05) is 6.61 Å². The van der Waals surface area contributed by atoms with E-state index in [0.717, 1.165) is 27.6 Å². The summed E-state index contributed by atoms with van der Waals surface area (Å²) in [6.45, 7) is 0.967. The van der Waals surface area contributed by atoms with Crippen LogP contribution in [0.2, 0.25) is 11.1 Å². The first-order valence-electron chi connectivity index (χ1n) is 5.94. The lowest BCUT2D eigenvalue weighted by Crippen LogP contribution is -2.25. The number of hydrogen-bond donors (Lipinski definition) is 0. The van der Waals surface area contributed by atoms with Crippen molar-refractivity contribution in [1.82, 2.24) is 0 Å². The quantitative estimate of drug-likeness (QED) is 0.745. The van der Waals surface area contributed by atoms with Gasteiger partial charge < -0.3 is 4.74 Å². The SMILES string of the molecule is Clc1cccc(CC[Si]C2CCCCO2)c1. The zero-order chi connectivity index (χ0) is 11.2. The van der Waals surface area contributed by atoms with Crippen LogP contribution in [-0.2, 0) is 11.2 Å². The third kappa shape index (κ3) is 3.93. The molecule has 0 aromatic heterocycles. The monoisotopic (exact) mass is 252 g/mol. The van der Waals surface area contributed by atoms with Crippen LogP contribution in [0.5, 0.6) is 0 Å². The van der Waals surface area contributed by atoms with E-state index in [2.05, 4.69) is 12.1 Å². The van der Waals surface area contributed by atoms with E-state index in [4.69, 9.17) is 16.3 Å². The van der Waals surface area contributed by atoms with Crippen molar-refractivity contribution in [3.8, 4) is 0 Å². The van der Waals surface area contributed by atoms with Crippen LogP contribution in [0.1, 0.15) is 24.8 Å². The molecule has 0 N–H and O–H groups in total. The molecule has 2 radical (unpaired) electrons. The fourth-order valence-electron chi connectivity index (χ4n) is 1.97. The van der Waals surface area contributed by atoms with E-state index in [1.165, 1.54) is 30.9 Å². The molecule has 16 heavy (non-hydrogen) atoms. The summed E-state index contributed by atoms with van der Waals surface area (Å²) in [4.78, 5) is 0. The van der Waals surface area contributed by atoms with Crippen LogP contribution in [0.3, 0.4) is 0 Å². The smallest absolute Gasteiger partial charge is 0.0781 e. The van der Waals surface area contributed by atoms with Crippen molar-refractivity contribution in [3.05, 3.63) is 34.9 Å². The number of halogens is 1. The van der Waals surface area contributed by atoms with E-state index in [0.29, 0.717) is 5.73 Å². The van der Waals surface area contributed by atoms with Gasteiger partial charge in [0, 0.05) is 17.4 Å². The lowest BCUT2D eigenvalue weighted by molar-refractivity contribution is 0.0650. The second kappa shape index (κ2) is 6.43. The summed E-state index contributed by atoms with van der Waals surface area (Å²) in [7, 11) is 0.938. The molecule has 1 nitrogen and oxygen atoms in total. The highest BCUT2D eigenvalue weighted by Crippen LogP contribution is 2.15. The van der Waals surface area contributed by atoms with E-state index in [-0.39, 0.29) is 0 Å². The molecule has 1 aliphatic rings. The van der Waals surface area contributed by atoms with Gasteiger partial charge in [-0.15, -0.1) is 0 Å². The fraction of sp³-hybridized carbons (Fsp3) is 0.538. The van der Waals surface area contributed by atoms with Gasteiger partial charge in [0.2, 0.25) is 0 Å². The van der Waals surface area contributed by atoms with Crippen molar-refractivity contribution in [2.45, 2.75) is 37.5 Å². The Morgan fingerprint density at radius 3 is 3.06 bits per heavy atom. The molecule has 1 atom stereocenters. The normalized spacial score (nSPS) is 20.9. The van der Waals surface area contributed by atoms with Crippen LogP contribution in [0, 0.1) is 0 Å². The Morgan fingerprint density at radius 2 is 2.31 bits per heavy atom. The molecule has 86 valence electrons. The van der Waals surface area contributed by atoms with Gasteiger partial charge in [-0.25, -0.2) is 0 Å². The molecule has 1 fully saturated rings. The molecule has 1 saturated heterocycles. The Hall–Kier alpha value is -0.313. The molecule has 0 amide bonds. The van der Waals surface area contributed by atoms with Gasteiger partial charge in [0.1, 0.15) is 0 Å². The number of benzene rings is 1. The maximum Gasteiger partial charge on any atom is 0.0781 e. The highest BCUT2D eigenvalue weighted by molar-refractivity contribution is 6.37. The van der Waals surface area contributed by atoms with Crippen molar-refractivity contribution < 1.29 is 4.74 Å². The lowest BCUT2D eigenvalue weighted by atomic mass is 10.2. The summed E-state index contributed by atoms with van der Waals surface area (Å²) >= 11 is 5.95. The number of rotatable bonds is 4. The molecular weight excluding hydrogens is 236 g/mol. The average molecular weight is 253 g/mol. The second-order valence-electron chi connectivity index (χ2n) is 4.19. The summed E-state index contributed by atoms with van der Waals surface area (Å²) in [5.41, 5.74) is 1.88. The van der Waals surface area contributed by atoms with Gasteiger partial charge in [0.25, 0.3) is 0 Å². The summed E-state index contributed by atoms with van der Waals surface area (Å²) in [5, 5.41) is 0.842. The van der Waals surface area contributed by atoms with E-state index in [1.807, 2.05) is 12.1 Å². The maximum absolute atomic E-state index is 5.95. The van der Waals surface area contributed by atoms with Crippen LogP contribution >= 0.6 is 11.6 Å². The molecule has 1 aromatic carbocycles. The van der Waals surface area contributed by atoms with Gasteiger partial charge >= 0.3 is 0 Å². The molecule has 1 unspecified atom stereocenters. The summed E-state index contributed by atoms with van der Waals surface area (Å²) in [6.07, 6.45) is 4.97. The summed E-state index contributed by atoms with van der Waals surface area (Å²) < 4.78 is 5.73. The van der Waals surface area contributed by atoms with E-state index in [1.54, 1.807) is 0 Å². The lowest BCUT2D eigenvalue weighted by Gasteiger charge is -2.21. The molecule has 0 bridgehead atoms. The van der Waals surface area contributed by atoms with Gasteiger partial charge in [0.05, 0.1) is 9.52 Å². The molecule has 0 saturated carbocycles. The first-order valence-corrected chi connectivity index (χ1v) is 7.60. The van der Waals surface area contributed by atoms with E-state index < -0.39 is 0 Å². The first-order chi connectivity index (χ1) is 7.84. The Morgan fingerprint density at radius 1 is 1.38 bits per heavy atom. The van der Waals surface area contributed by atoms with Crippen molar-refractivity contribution >= 4 is 21.1 Å². The predicted octanol–water partition coefficient (Wildman–Crippen LogP) is 3.53. The van der Waals surface area contributed by atoms with Crippen LogP contribution in [0.4, 0.5) is 0 Å². The summed E-state index contributed by atoms with van der Waals surface area (Å²) in [5.74, 6) is 0. The zero-order valence-electron chi connectivity index (χ0n) is 9.42. The zero-order valence-corrected chi connectivity index (χ0v) is 11.2. The van der Waals surface area contributed by atoms with Gasteiger partial charge in [-0.1, -0.05) is 29.8 Å². The van der Waals surface area contributed by atoms with Gasteiger partial charge in [-0.2, -0.15) is 0 Å². The standard InChI is InChI=1S/C13H17ClOSi/c14-12-5-3-4-11(10-12)7-9-16-13-6-1-2-8-15-13/h3-5,10,13H,1-2,6-9H2. The van der Waals surface area contributed by atoms with E-state index >= 15 is 0 Å². The molecule has 2 rings (SSSR count). The Bertz CT molecular complexity index is 323. The Balaban J connectivity index is 1.71. The van der Waals surface area contributed by atoms with Gasteiger partial charge in [0.15, 0.2) is 0 Å². The molecule has 1 heterocycles. The third-order valence-electron chi connectivity index (χ3n) is 2.85. The van der Waals surface area contributed by atoms with Crippen LogP contribution in [0.25, 0.3) is 0 Å². The predicted molar refractivity (Wildman–Crippen MR) is 69.3 cm³/mol. The molecule has 0 spiro atoms. The van der Waals surface area contributed by atoms with E-state index in [9.17, 15) is 0 Å². The number of hydrogen-bond acceptors (Lipinski definition) is 1. The highest BCUT2D eigenvalue weighted by atomic mass is 35.5. The molecular formula is C13H17ClOSi. The Kier molecular flexibility index (Phi) is 4.88. The second-order valence-corrected chi connectivity index (χ2v) is 6.18. The van der Waals surface area contributed by atoms with Crippen LogP contribution < -0.4 is 0 Å². The van der Waals surface area contributed by atoms with Crippen molar-refractivity contribution in [1.29, 1.82) is 0 Å². The third-order valence-corrected chi connectivity index (χ3v) is 4.54. The molecule has 0 aliphatic carbocycles. The maximum atomic E-state index is 5.95. The fourth-order valence-corrected chi connectivity index (χ4v) is 3.58. The van der Waals surface area contributed by atoms with Crippen molar-refractivity contribution in [3.63, 3.8) is 0 Å². The number of aryl methyl sites for hydroxylation is 1. The largest absolute Gasteiger partial charge is 0.382 e. The minimum absolute atomic E-state index is 0.535. The molecule has 1 aliphatic heterocycles. The minimum Gasteiger partial charge on any atom is -0.382 e. The average Bonchev–Trinajstić information content (AvgIpc) is 2.30. The minimum atomic E-state index is 0.535. The molecule has 3 heteroatoms. The van der Waals surface area contributed by atoms with Crippen LogP contribution in [0.15, 0.2) is 24.3 Å². The topological polar surface area (TPSA) is 9.23 Å². The molecule has 1 aromatic rings. The first kappa shape index (κ1) is 12.2. The van der Waals surface area contributed by atoms with Crippen molar-refractivity contribution in [2.24, 2.45) is 0 Å². The Labute approximate surface area is 105 Å². The van der Waals surface area contributed by atoms with Crippen LogP contribution in [-0.4, -0.2) is 21.9 Å². The van der Waals surface area contributed by atoms with Gasteiger partial charge in [-0.3, -0.25) is 0 Å².